The van der Waals surface area contributed by atoms with Crippen LogP contribution in [0.5, 0.6) is 0 Å². The Morgan fingerprint density at radius 3 is 2.69 bits per heavy atom. The predicted molar refractivity (Wildman–Crippen MR) is 194 cm³/mol. The molecule has 1 atom stereocenters. The molecule has 4 aromatic heterocycles. The first kappa shape index (κ1) is 34.2. The summed E-state index contributed by atoms with van der Waals surface area (Å²) in [5.74, 6) is 0.753. The molecular weight excluding hydrogens is 725 g/mol. The molecule has 48 heavy (non-hydrogen) atoms. The number of fused-ring (bicyclic) bond motifs is 1. The van der Waals surface area contributed by atoms with Crippen molar-refractivity contribution >= 4 is 51.4 Å². The Kier molecular flexibility index (Phi) is 10.9. The van der Waals surface area contributed by atoms with Gasteiger partial charge in [-0.25, -0.2) is 17.8 Å². The summed E-state index contributed by atoms with van der Waals surface area (Å²) in [5.41, 5.74) is 4.50. The molecule has 2 fully saturated rings. The van der Waals surface area contributed by atoms with E-state index in [2.05, 4.69) is 60.0 Å². The Hall–Kier alpha value is -3.70. The van der Waals surface area contributed by atoms with E-state index in [0.29, 0.717) is 41.1 Å². The van der Waals surface area contributed by atoms with Gasteiger partial charge < -0.3 is 25.0 Å². The van der Waals surface area contributed by atoms with E-state index in [9.17, 15) is 14.7 Å². The molecule has 6 heterocycles. The molecule has 2 aliphatic rings. The maximum Gasteiger partial charge on any atom is 0.252 e. The van der Waals surface area contributed by atoms with Crippen LogP contribution in [0.2, 0.25) is 0 Å². The number of amides is 1. The minimum absolute atomic E-state index is 0.0175. The van der Waals surface area contributed by atoms with Crippen molar-refractivity contribution in [1.82, 2.24) is 33.2 Å². The molecule has 0 aliphatic carbocycles. The monoisotopic (exact) mass is 767 g/mol. The minimum Gasteiger partial charge on any atom is -0.381 e. The number of hydrogen-bond acceptors (Lipinski definition) is 10. The largest absolute Gasteiger partial charge is 0.381 e. The van der Waals surface area contributed by atoms with E-state index < -0.39 is 12.1 Å². The van der Waals surface area contributed by atoms with Gasteiger partial charge in [0.1, 0.15) is 12.0 Å². The van der Waals surface area contributed by atoms with E-state index in [1.807, 2.05) is 36.0 Å². The molecule has 0 aromatic carbocycles. The summed E-state index contributed by atoms with van der Waals surface area (Å²) >= 11 is 2.35. The maximum absolute atomic E-state index is 13.0. The highest BCUT2D eigenvalue weighted by Gasteiger charge is 2.27. The van der Waals surface area contributed by atoms with Gasteiger partial charge in [-0.3, -0.25) is 14.9 Å². The molecule has 6 rings (SSSR count). The third-order valence-electron chi connectivity index (χ3n) is 8.90. The number of aryl methyl sites for hydroxylation is 2. The zero-order chi connectivity index (χ0) is 33.8. The van der Waals surface area contributed by atoms with Crippen molar-refractivity contribution in [2.75, 3.05) is 49.6 Å². The second-order valence-electron chi connectivity index (χ2n) is 12.2. The predicted octanol–water partition coefficient (Wildman–Crippen LogP) is 4.17. The topological polar surface area (TPSA) is 154 Å². The smallest absolute Gasteiger partial charge is 0.252 e. The zero-order valence-electron chi connectivity index (χ0n) is 27.3. The van der Waals surface area contributed by atoms with Crippen LogP contribution in [-0.4, -0.2) is 78.3 Å². The van der Waals surface area contributed by atoms with Crippen molar-refractivity contribution in [3.8, 4) is 11.3 Å². The molecule has 0 bridgehead atoms. The second kappa shape index (κ2) is 15.2. The van der Waals surface area contributed by atoms with Gasteiger partial charge in [0, 0.05) is 97.4 Å². The van der Waals surface area contributed by atoms with E-state index in [4.69, 9.17) is 19.8 Å². The molecule has 13 nitrogen and oxygen atoms in total. The molecular formula is C34H42IN9O4. The van der Waals surface area contributed by atoms with E-state index in [1.165, 1.54) is 6.08 Å². The van der Waals surface area contributed by atoms with Crippen LogP contribution in [0.4, 0.5) is 11.6 Å². The lowest BCUT2D eigenvalue weighted by Crippen LogP contribution is -2.42. The number of nitrogens with one attached hydrogen (secondary N) is 3. The van der Waals surface area contributed by atoms with Gasteiger partial charge in [-0.1, -0.05) is 19.9 Å². The molecule has 2 aliphatic heterocycles. The fraction of sp³-hybridized carbons (Fsp3) is 0.441. The van der Waals surface area contributed by atoms with Gasteiger partial charge in [0.05, 0.1) is 17.1 Å². The average molecular weight is 768 g/mol. The lowest BCUT2D eigenvalue weighted by Gasteiger charge is -2.32. The Bertz CT molecular complexity index is 1830. The first-order valence-electron chi connectivity index (χ1n) is 16.4. The van der Waals surface area contributed by atoms with Crippen molar-refractivity contribution in [2.24, 2.45) is 0 Å². The van der Waals surface area contributed by atoms with Crippen LogP contribution in [-0.2, 0) is 22.5 Å². The molecule has 4 aromatic rings. The number of pyridine rings is 3. The Morgan fingerprint density at radius 1 is 1.23 bits per heavy atom. The molecule has 2 saturated heterocycles. The third kappa shape index (κ3) is 7.47. The van der Waals surface area contributed by atoms with Crippen LogP contribution < -0.4 is 21.1 Å². The number of aliphatic hydroxyl groups is 1. The van der Waals surface area contributed by atoms with Crippen molar-refractivity contribution in [3.63, 3.8) is 0 Å². The van der Waals surface area contributed by atoms with Gasteiger partial charge in [-0.15, -0.1) is 0 Å². The number of carbonyl (C=O) groups excluding carboxylic acids is 1. The van der Waals surface area contributed by atoms with E-state index in [1.54, 1.807) is 6.07 Å². The van der Waals surface area contributed by atoms with Gasteiger partial charge in [-0.2, -0.15) is 5.10 Å². The summed E-state index contributed by atoms with van der Waals surface area (Å²) in [4.78, 5) is 40.6. The number of carbonyl (C=O) groups is 1. The molecule has 254 valence electrons. The number of rotatable bonds is 11. The normalized spacial score (nSPS) is 16.7. The number of nitrogens with zero attached hydrogens (tertiary/aromatic N) is 6. The maximum atomic E-state index is 13.0. The van der Waals surface area contributed by atoms with Crippen LogP contribution in [0.25, 0.3) is 22.3 Å². The first-order valence-corrected chi connectivity index (χ1v) is 17.4. The van der Waals surface area contributed by atoms with Crippen LogP contribution in [0.1, 0.15) is 60.8 Å². The number of anilines is 2. The SMILES string of the molecule is C=CC(=O)Nc1nn(C2CCOCC2)c2nc(-c3ccc(N4CCN(I)CC4)nc3)cc(C(O)NCc3c(CCC)cc(C)[nH]c3=O)c12. The zero-order valence-corrected chi connectivity index (χ0v) is 29.5. The lowest BCUT2D eigenvalue weighted by atomic mass is 10.0. The van der Waals surface area contributed by atoms with Gasteiger partial charge in [0.15, 0.2) is 11.5 Å². The Morgan fingerprint density at radius 2 is 2.00 bits per heavy atom. The van der Waals surface area contributed by atoms with Crippen LogP contribution in [0.15, 0.2) is 47.9 Å². The standard InChI is InChI=1S/C34H42IN9O4/c1-4-6-22-17-21(3)38-34(47)26(22)20-37-33(46)25-18-27(23-7-8-28(36-19-23)42-11-13-43(35)14-12-42)39-32-30(25)31(40-29(45)5-2)41-44(32)24-9-15-48-16-10-24/h5,7-8,17-19,24,33,37,46H,2,4,6,9-16,20H2,1,3H3,(H,38,47)(H,40,41,45). The second-order valence-corrected chi connectivity index (χ2v) is 13.6. The Balaban J connectivity index is 1.43. The minimum atomic E-state index is -1.23. The lowest BCUT2D eigenvalue weighted by molar-refractivity contribution is -0.111. The van der Waals surface area contributed by atoms with Crippen LogP contribution >= 0.6 is 22.9 Å². The van der Waals surface area contributed by atoms with E-state index in [0.717, 1.165) is 74.5 Å². The van der Waals surface area contributed by atoms with Crippen molar-refractivity contribution < 1.29 is 14.6 Å². The summed E-state index contributed by atoms with van der Waals surface area (Å²) in [6, 6.07) is 7.77. The highest BCUT2D eigenvalue weighted by molar-refractivity contribution is 14.1. The highest BCUT2D eigenvalue weighted by atomic mass is 127. The van der Waals surface area contributed by atoms with Crippen LogP contribution in [0.3, 0.4) is 0 Å². The number of aliphatic hydroxyl groups excluding tert-OH is 1. The number of aromatic amines is 1. The van der Waals surface area contributed by atoms with Crippen molar-refractivity contribution in [2.45, 2.75) is 58.3 Å². The third-order valence-corrected chi connectivity index (χ3v) is 9.86. The van der Waals surface area contributed by atoms with Crippen molar-refractivity contribution in [1.29, 1.82) is 0 Å². The molecule has 4 N–H and O–H groups in total. The first-order chi connectivity index (χ1) is 23.2. The van der Waals surface area contributed by atoms with Crippen molar-refractivity contribution in [3.05, 3.63) is 75.9 Å². The Labute approximate surface area is 293 Å². The van der Waals surface area contributed by atoms with Gasteiger partial charge >= 0.3 is 0 Å². The van der Waals surface area contributed by atoms with Crippen LogP contribution in [0, 0.1) is 6.92 Å². The fourth-order valence-corrected chi connectivity index (χ4v) is 6.81. The van der Waals surface area contributed by atoms with Gasteiger partial charge in [0.25, 0.3) is 5.56 Å². The molecule has 0 saturated carbocycles. The molecule has 1 unspecified atom stereocenters. The quantitative estimate of drug-likeness (QED) is 0.0758. The van der Waals surface area contributed by atoms with Gasteiger partial charge in [0.2, 0.25) is 5.91 Å². The molecule has 1 amide bonds. The molecule has 14 heteroatoms. The summed E-state index contributed by atoms with van der Waals surface area (Å²) in [6.07, 6.45) is 4.84. The number of halogens is 1. The number of ether oxygens (including phenoxy) is 1. The molecule has 0 spiro atoms. The number of H-pyrrole nitrogens is 1. The highest BCUT2D eigenvalue weighted by Crippen LogP contribution is 2.36. The summed E-state index contributed by atoms with van der Waals surface area (Å²) in [6.45, 7) is 12.6. The summed E-state index contributed by atoms with van der Waals surface area (Å²) < 4.78 is 9.74. The number of hydrogen-bond donors (Lipinski definition) is 4. The fourth-order valence-electron chi connectivity index (χ4n) is 6.38. The van der Waals surface area contributed by atoms with Gasteiger partial charge in [-0.05, 0) is 62.1 Å². The number of aromatic nitrogens is 5. The molecule has 0 radical (unpaired) electrons. The van der Waals surface area contributed by atoms with E-state index >= 15 is 0 Å². The number of piperazine rings is 1. The van der Waals surface area contributed by atoms with E-state index in [-0.39, 0.29) is 24.0 Å². The summed E-state index contributed by atoms with van der Waals surface area (Å²) in [5, 5.41) is 23.2. The summed E-state index contributed by atoms with van der Waals surface area (Å²) in [7, 11) is 0. The average Bonchev–Trinajstić information content (AvgIpc) is 3.46.